The molecule has 1 aliphatic rings. The lowest BCUT2D eigenvalue weighted by molar-refractivity contribution is -0.123. The molecular weight excluding hydrogens is 388 g/mol. The minimum Gasteiger partial charge on any atom is -0.490 e. The summed E-state index contributed by atoms with van der Waals surface area (Å²) >= 11 is 0. The van der Waals surface area contributed by atoms with E-state index < -0.39 is 0 Å². The Morgan fingerprint density at radius 1 is 0.839 bits per heavy atom. The number of carbonyl (C=O) groups is 2. The molecule has 0 N–H and O–H groups in total. The predicted molar refractivity (Wildman–Crippen MR) is 122 cm³/mol. The van der Waals surface area contributed by atoms with Crippen LogP contribution in [0.25, 0.3) is 0 Å². The molecule has 0 fully saturated rings. The molecular formula is C26H26N2O3. The van der Waals surface area contributed by atoms with Gasteiger partial charge in [0, 0.05) is 25.1 Å². The molecule has 0 aliphatic carbocycles. The highest BCUT2D eigenvalue weighted by molar-refractivity contribution is 6.00. The van der Waals surface area contributed by atoms with E-state index in [9.17, 15) is 9.59 Å². The maximum Gasteiger partial charge on any atom is 0.227 e. The zero-order valence-electron chi connectivity index (χ0n) is 17.4. The monoisotopic (exact) mass is 414 g/mol. The Morgan fingerprint density at radius 2 is 1.52 bits per heavy atom. The van der Waals surface area contributed by atoms with Crippen LogP contribution in [-0.2, 0) is 16.0 Å². The van der Waals surface area contributed by atoms with Crippen molar-refractivity contribution in [2.75, 3.05) is 29.5 Å². The maximum absolute atomic E-state index is 13.1. The third kappa shape index (κ3) is 5.12. The summed E-state index contributed by atoms with van der Waals surface area (Å²) in [5.74, 6) is 0.611. The van der Waals surface area contributed by atoms with Crippen LogP contribution in [0.1, 0.15) is 18.4 Å². The van der Waals surface area contributed by atoms with Gasteiger partial charge in [-0.05, 0) is 36.2 Å². The Hall–Kier alpha value is -3.60. The summed E-state index contributed by atoms with van der Waals surface area (Å²) in [7, 11) is 0. The topological polar surface area (TPSA) is 49.9 Å². The number of anilines is 2. The van der Waals surface area contributed by atoms with Crippen LogP contribution >= 0.6 is 0 Å². The number of para-hydroxylation sites is 3. The average molecular weight is 415 g/mol. The third-order valence-corrected chi connectivity index (χ3v) is 5.42. The molecule has 0 atom stereocenters. The minimum atomic E-state index is -0.0554. The Labute approximate surface area is 182 Å². The molecule has 0 unspecified atom stereocenters. The van der Waals surface area contributed by atoms with Gasteiger partial charge in [0.1, 0.15) is 12.4 Å². The van der Waals surface area contributed by atoms with Crippen LogP contribution in [0.2, 0.25) is 0 Å². The van der Waals surface area contributed by atoms with Crippen molar-refractivity contribution in [2.24, 2.45) is 0 Å². The summed E-state index contributed by atoms with van der Waals surface area (Å²) in [6.45, 7) is 1.53. The molecule has 0 spiro atoms. The van der Waals surface area contributed by atoms with Gasteiger partial charge in [-0.25, -0.2) is 0 Å². The van der Waals surface area contributed by atoms with Crippen molar-refractivity contribution in [3.05, 3.63) is 90.5 Å². The number of benzene rings is 3. The molecule has 0 saturated carbocycles. The molecule has 4 rings (SSSR count). The van der Waals surface area contributed by atoms with Gasteiger partial charge in [0.2, 0.25) is 11.8 Å². The first-order chi connectivity index (χ1) is 15.2. The number of rotatable bonds is 7. The summed E-state index contributed by atoms with van der Waals surface area (Å²) in [5.41, 5.74) is 2.81. The summed E-state index contributed by atoms with van der Waals surface area (Å²) < 4.78 is 5.63. The van der Waals surface area contributed by atoms with E-state index in [4.69, 9.17) is 4.74 Å². The average Bonchev–Trinajstić information content (AvgIpc) is 2.83. The number of ether oxygens (including phenoxy) is 1. The minimum absolute atomic E-state index is 0.0444. The number of carbonyl (C=O) groups excluding carboxylic acids is 2. The van der Waals surface area contributed by atoms with Crippen LogP contribution in [0, 0.1) is 0 Å². The lowest BCUT2D eigenvalue weighted by Gasteiger charge is -2.30. The number of hydrogen-bond donors (Lipinski definition) is 0. The van der Waals surface area contributed by atoms with Crippen LogP contribution in [0.4, 0.5) is 11.4 Å². The molecule has 158 valence electrons. The SMILES string of the molecule is O=C(CCC(=O)N1CCOc2ccccc21)N(CCc1ccccc1)c1ccccc1. The van der Waals surface area contributed by atoms with Crippen molar-refractivity contribution in [3.8, 4) is 5.75 Å². The fourth-order valence-electron chi connectivity index (χ4n) is 3.80. The van der Waals surface area contributed by atoms with Gasteiger partial charge in [0.25, 0.3) is 0 Å². The summed E-state index contributed by atoms with van der Waals surface area (Å²) in [4.78, 5) is 29.5. The first-order valence-electron chi connectivity index (χ1n) is 10.6. The fraction of sp³-hybridized carbons (Fsp3) is 0.231. The van der Waals surface area contributed by atoms with E-state index in [0.29, 0.717) is 25.4 Å². The molecule has 0 radical (unpaired) electrons. The molecule has 0 aromatic heterocycles. The third-order valence-electron chi connectivity index (χ3n) is 5.42. The van der Waals surface area contributed by atoms with Crippen molar-refractivity contribution >= 4 is 23.2 Å². The van der Waals surface area contributed by atoms with Crippen molar-refractivity contribution in [2.45, 2.75) is 19.3 Å². The number of nitrogens with zero attached hydrogens (tertiary/aromatic N) is 2. The van der Waals surface area contributed by atoms with Crippen LogP contribution in [0.5, 0.6) is 5.75 Å². The van der Waals surface area contributed by atoms with Gasteiger partial charge in [-0.2, -0.15) is 0 Å². The second kappa shape index (κ2) is 9.94. The van der Waals surface area contributed by atoms with E-state index in [1.165, 1.54) is 5.56 Å². The Balaban J connectivity index is 1.42. The summed E-state index contributed by atoms with van der Waals surface area (Å²) in [5, 5.41) is 0. The largest absolute Gasteiger partial charge is 0.490 e. The molecule has 5 nitrogen and oxygen atoms in total. The van der Waals surface area contributed by atoms with Gasteiger partial charge in [-0.15, -0.1) is 0 Å². The zero-order valence-corrected chi connectivity index (χ0v) is 17.4. The second-order valence-corrected chi connectivity index (χ2v) is 7.48. The van der Waals surface area contributed by atoms with Crippen LogP contribution in [0.3, 0.4) is 0 Å². The standard InChI is InChI=1S/C26H26N2O3/c29-25(15-16-26(30)28-19-20-31-24-14-8-7-13-23(24)28)27(22-11-5-2-6-12-22)18-17-21-9-3-1-4-10-21/h1-14H,15-20H2. The summed E-state index contributed by atoms with van der Waals surface area (Å²) in [6, 6.07) is 27.3. The maximum atomic E-state index is 13.1. The molecule has 0 saturated heterocycles. The van der Waals surface area contributed by atoms with E-state index in [-0.39, 0.29) is 24.7 Å². The fourth-order valence-corrected chi connectivity index (χ4v) is 3.80. The molecule has 5 heteroatoms. The lowest BCUT2D eigenvalue weighted by atomic mass is 10.1. The van der Waals surface area contributed by atoms with Gasteiger partial charge in [0.05, 0.1) is 12.2 Å². The first kappa shape index (κ1) is 20.7. The van der Waals surface area contributed by atoms with E-state index in [1.54, 1.807) is 9.80 Å². The van der Waals surface area contributed by atoms with Gasteiger partial charge in [-0.1, -0.05) is 60.7 Å². The van der Waals surface area contributed by atoms with Gasteiger partial charge < -0.3 is 14.5 Å². The number of hydrogen-bond acceptors (Lipinski definition) is 3. The molecule has 3 aromatic carbocycles. The zero-order chi connectivity index (χ0) is 21.5. The van der Waals surface area contributed by atoms with E-state index in [2.05, 4.69) is 12.1 Å². The van der Waals surface area contributed by atoms with Crippen molar-refractivity contribution in [1.29, 1.82) is 0 Å². The first-order valence-corrected chi connectivity index (χ1v) is 10.6. The molecule has 1 heterocycles. The molecule has 2 amide bonds. The quantitative estimate of drug-likeness (QED) is 0.573. The normalized spacial score (nSPS) is 12.6. The van der Waals surface area contributed by atoms with Crippen molar-refractivity contribution in [3.63, 3.8) is 0 Å². The lowest BCUT2D eigenvalue weighted by Crippen LogP contribution is -2.39. The van der Waals surface area contributed by atoms with Crippen LogP contribution < -0.4 is 14.5 Å². The molecule has 3 aromatic rings. The number of fused-ring (bicyclic) bond motifs is 1. The molecule has 31 heavy (non-hydrogen) atoms. The Kier molecular flexibility index (Phi) is 6.62. The Bertz CT molecular complexity index is 1020. The molecule has 0 bridgehead atoms. The molecule has 1 aliphatic heterocycles. The van der Waals surface area contributed by atoms with Crippen molar-refractivity contribution < 1.29 is 14.3 Å². The Morgan fingerprint density at radius 3 is 2.29 bits per heavy atom. The summed E-state index contributed by atoms with van der Waals surface area (Å²) in [6.07, 6.45) is 1.09. The highest BCUT2D eigenvalue weighted by Gasteiger charge is 2.24. The van der Waals surface area contributed by atoms with E-state index >= 15 is 0 Å². The van der Waals surface area contributed by atoms with Crippen molar-refractivity contribution in [1.82, 2.24) is 0 Å². The highest BCUT2D eigenvalue weighted by atomic mass is 16.5. The van der Waals surface area contributed by atoms with Gasteiger partial charge in [0.15, 0.2) is 0 Å². The second-order valence-electron chi connectivity index (χ2n) is 7.48. The van der Waals surface area contributed by atoms with Gasteiger partial charge in [-0.3, -0.25) is 9.59 Å². The van der Waals surface area contributed by atoms with E-state index in [1.807, 2.05) is 72.8 Å². The predicted octanol–water partition coefficient (Wildman–Crippen LogP) is 4.47. The van der Waals surface area contributed by atoms with E-state index in [0.717, 1.165) is 17.8 Å². The van der Waals surface area contributed by atoms with Crippen LogP contribution in [0.15, 0.2) is 84.9 Å². The highest BCUT2D eigenvalue weighted by Crippen LogP contribution is 2.31. The number of amides is 2. The van der Waals surface area contributed by atoms with Gasteiger partial charge >= 0.3 is 0 Å². The smallest absolute Gasteiger partial charge is 0.227 e. The van der Waals surface area contributed by atoms with Crippen LogP contribution in [-0.4, -0.2) is 31.5 Å².